The van der Waals surface area contributed by atoms with Crippen LogP contribution in [0.4, 0.5) is 4.79 Å². The summed E-state index contributed by atoms with van der Waals surface area (Å²) in [6, 6.07) is 6.72. The molecule has 0 bridgehead atoms. The number of fused-ring (bicyclic) bond motifs is 2. The second-order valence-electron chi connectivity index (χ2n) is 4.46. The van der Waals surface area contributed by atoms with Crippen LogP contribution in [-0.2, 0) is 10.3 Å². The van der Waals surface area contributed by atoms with Gasteiger partial charge in [-0.2, -0.15) is 0 Å². The topological polar surface area (TPSA) is 78.4 Å². The minimum Gasteiger partial charge on any atom is -0.388 e. The lowest BCUT2D eigenvalue weighted by molar-refractivity contribution is -0.125. The number of aliphatic hydroxyl groups is 1. The lowest BCUT2D eigenvalue weighted by Gasteiger charge is -2.35. The zero-order chi connectivity index (χ0) is 12.0. The number of hydrogen-bond acceptors (Lipinski definition) is 3. The van der Waals surface area contributed by atoms with Crippen LogP contribution in [0.5, 0.6) is 0 Å². The molecule has 1 spiro atoms. The molecule has 5 nitrogen and oxygen atoms in total. The molecule has 1 fully saturated rings. The van der Waals surface area contributed by atoms with Gasteiger partial charge in [0, 0.05) is 0 Å². The number of urea groups is 1. The van der Waals surface area contributed by atoms with E-state index in [0.29, 0.717) is 18.4 Å². The fraction of sp³-hybridized carbons (Fsp3) is 0.333. The van der Waals surface area contributed by atoms with Crippen LogP contribution in [0.15, 0.2) is 24.3 Å². The molecule has 0 saturated carbocycles. The minimum absolute atomic E-state index is 0.332. The summed E-state index contributed by atoms with van der Waals surface area (Å²) >= 11 is 0. The standard InChI is InChI=1S/C12H12N2O3/c15-9-5-6-12(10(16)13-11(17)14-12)8-4-2-1-3-7(8)9/h1-4,9,15H,5-6H2,(H2,13,14,16,17)/t9-,12-/m0/s1. The smallest absolute Gasteiger partial charge is 0.322 e. The Morgan fingerprint density at radius 2 is 2.06 bits per heavy atom. The first-order valence-electron chi connectivity index (χ1n) is 5.54. The minimum atomic E-state index is -0.993. The molecule has 3 N–H and O–H groups in total. The average Bonchev–Trinajstić information content (AvgIpc) is 2.61. The number of carbonyl (C=O) groups is 2. The zero-order valence-corrected chi connectivity index (χ0v) is 9.06. The number of nitrogens with one attached hydrogen (secondary N) is 2. The SMILES string of the molecule is O=C1NC(=O)[C@@]2(CC[C@H](O)c3ccccc32)N1. The van der Waals surface area contributed by atoms with Crippen molar-refractivity contribution in [2.75, 3.05) is 0 Å². The molecule has 5 heteroatoms. The Hall–Kier alpha value is -1.88. The van der Waals surface area contributed by atoms with Crippen LogP contribution in [0.25, 0.3) is 0 Å². The number of benzene rings is 1. The predicted octanol–water partition coefficient (Wildman–Crippen LogP) is 0.549. The average molecular weight is 232 g/mol. The lowest BCUT2D eigenvalue weighted by atomic mass is 9.75. The van der Waals surface area contributed by atoms with Gasteiger partial charge in [0.2, 0.25) is 0 Å². The first kappa shape index (κ1) is 10.3. The van der Waals surface area contributed by atoms with Crippen LogP contribution in [0.1, 0.15) is 30.1 Å². The van der Waals surface area contributed by atoms with Crippen molar-refractivity contribution in [3.05, 3.63) is 35.4 Å². The van der Waals surface area contributed by atoms with Gasteiger partial charge in [-0.1, -0.05) is 24.3 Å². The third-order valence-electron chi connectivity index (χ3n) is 3.51. The number of carbonyl (C=O) groups excluding carboxylic acids is 2. The molecule has 1 aliphatic heterocycles. The summed E-state index contributed by atoms with van der Waals surface area (Å²) in [5, 5.41) is 14.9. The number of rotatable bonds is 0. The van der Waals surface area contributed by atoms with Gasteiger partial charge in [0.15, 0.2) is 0 Å². The summed E-state index contributed by atoms with van der Waals surface area (Å²) in [7, 11) is 0. The molecule has 1 aromatic rings. The number of amides is 3. The van der Waals surface area contributed by atoms with Crippen molar-refractivity contribution >= 4 is 11.9 Å². The van der Waals surface area contributed by atoms with Gasteiger partial charge in [0.1, 0.15) is 5.54 Å². The van der Waals surface area contributed by atoms with E-state index in [0.717, 1.165) is 5.56 Å². The molecule has 2 atom stereocenters. The van der Waals surface area contributed by atoms with E-state index in [-0.39, 0.29) is 5.91 Å². The van der Waals surface area contributed by atoms with Crippen LogP contribution in [-0.4, -0.2) is 17.0 Å². The van der Waals surface area contributed by atoms with Gasteiger partial charge in [-0.3, -0.25) is 10.1 Å². The molecule has 0 radical (unpaired) electrons. The highest BCUT2D eigenvalue weighted by molar-refractivity contribution is 6.07. The van der Waals surface area contributed by atoms with Gasteiger partial charge in [-0.15, -0.1) is 0 Å². The molecule has 2 aliphatic rings. The van der Waals surface area contributed by atoms with Crippen molar-refractivity contribution in [1.82, 2.24) is 10.6 Å². The van der Waals surface area contributed by atoms with E-state index in [4.69, 9.17) is 0 Å². The molecule has 1 saturated heterocycles. The number of imide groups is 1. The van der Waals surface area contributed by atoms with Crippen molar-refractivity contribution in [1.29, 1.82) is 0 Å². The zero-order valence-electron chi connectivity index (χ0n) is 9.06. The first-order chi connectivity index (χ1) is 8.13. The Labute approximate surface area is 97.8 Å². The maximum Gasteiger partial charge on any atom is 0.322 e. The Kier molecular flexibility index (Phi) is 2.00. The van der Waals surface area contributed by atoms with Gasteiger partial charge in [-0.25, -0.2) is 4.79 Å². The molecule has 1 heterocycles. The van der Waals surface area contributed by atoms with Crippen molar-refractivity contribution in [3.63, 3.8) is 0 Å². The third-order valence-corrected chi connectivity index (χ3v) is 3.51. The fourth-order valence-electron chi connectivity index (χ4n) is 2.68. The van der Waals surface area contributed by atoms with E-state index >= 15 is 0 Å². The Morgan fingerprint density at radius 3 is 2.76 bits per heavy atom. The monoisotopic (exact) mass is 232 g/mol. The maximum atomic E-state index is 12.0. The molecule has 88 valence electrons. The molecule has 3 rings (SSSR count). The maximum absolute atomic E-state index is 12.0. The third kappa shape index (κ3) is 1.29. The van der Waals surface area contributed by atoms with Crippen molar-refractivity contribution in [3.8, 4) is 0 Å². The quantitative estimate of drug-likeness (QED) is 0.571. The highest BCUT2D eigenvalue weighted by Gasteiger charge is 2.51. The van der Waals surface area contributed by atoms with Crippen LogP contribution in [0.3, 0.4) is 0 Å². The molecule has 1 aromatic carbocycles. The lowest BCUT2D eigenvalue weighted by Crippen LogP contribution is -2.46. The summed E-state index contributed by atoms with van der Waals surface area (Å²) in [4.78, 5) is 23.3. The fourth-order valence-corrected chi connectivity index (χ4v) is 2.68. The Bertz CT molecular complexity index is 514. The van der Waals surface area contributed by atoms with Crippen LogP contribution in [0, 0.1) is 0 Å². The Balaban J connectivity index is 2.18. The largest absolute Gasteiger partial charge is 0.388 e. The summed E-state index contributed by atoms with van der Waals surface area (Å²) in [6.07, 6.45) is 0.315. The highest BCUT2D eigenvalue weighted by Crippen LogP contribution is 2.41. The molecular weight excluding hydrogens is 220 g/mol. The normalized spacial score (nSPS) is 31.0. The van der Waals surface area contributed by atoms with E-state index in [1.54, 1.807) is 18.2 Å². The van der Waals surface area contributed by atoms with Crippen molar-refractivity contribution < 1.29 is 14.7 Å². The highest BCUT2D eigenvalue weighted by atomic mass is 16.3. The molecular formula is C12H12N2O3. The predicted molar refractivity (Wildman–Crippen MR) is 59.0 cm³/mol. The number of hydrogen-bond donors (Lipinski definition) is 3. The van der Waals surface area contributed by atoms with Crippen LogP contribution >= 0.6 is 0 Å². The van der Waals surface area contributed by atoms with E-state index in [2.05, 4.69) is 10.6 Å². The van der Waals surface area contributed by atoms with Gasteiger partial charge < -0.3 is 10.4 Å². The second-order valence-corrected chi connectivity index (χ2v) is 4.46. The van der Waals surface area contributed by atoms with Crippen LogP contribution in [0.2, 0.25) is 0 Å². The Morgan fingerprint density at radius 1 is 1.29 bits per heavy atom. The van der Waals surface area contributed by atoms with E-state index in [1.165, 1.54) is 0 Å². The van der Waals surface area contributed by atoms with Crippen molar-refractivity contribution in [2.24, 2.45) is 0 Å². The molecule has 3 amide bonds. The summed E-state index contributed by atoms with van der Waals surface area (Å²) < 4.78 is 0. The molecule has 0 unspecified atom stereocenters. The van der Waals surface area contributed by atoms with Gasteiger partial charge in [-0.05, 0) is 24.0 Å². The summed E-state index contributed by atoms with van der Waals surface area (Å²) in [5.74, 6) is -0.332. The molecule has 17 heavy (non-hydrogen) atoms. The van der Waals surface area contributed by atoms with E-state index in [1.807, 2.05) is 6.07 Å². The molecule has 1 aliphatic carbocycles. The number of aliphatic hydroxyl groups excluding tert-OH is 1. The van der Waals surface area contributed by atoms with Crippen molar-refractivity contribution in [2.45, 2.75) is 24.5 Å². The summed E-state index contributed by atoms with van der Waals surface area (Å²) in [6.45, 7) is 0. The van der Waals surface area contributed by atoms with Gasteiger partial charge >= 0.3 is 6.03 Å². The first-order valence-corrected chi connectivity index (χ1v) is 5.54. The molecule has 0 aromatic heterocycles. The van der Waals surface area contributed by atoms with Gasteiger partial charge in [0.25, 0.3) is 5.91 Å². The second kappa shape index (κ2) is 3.30. The summed E-state index contributed by atoms with van der Waals surface area (Å²) in [5.41, 5.74) is 0.422. The van der Waals surface area contributed by atoms with E-state index < -0.39 is 17.7 Å². The van der Waals surface area contributed by atoms with Crippen LogP contribution < -0.4 is 10.6 Å². The van der Waals surface area contributed by atoms with Gasteiger partial charge in [0.05, 0.1) is 6.10 Å². The van der Waals surface area contributed by atoms with E-state index in [9.17, 15) is 14.7 Å².